The molecule has 0 aliphatic rings. The van der Waals surface area contributed by atoms with Gasteiger partial charge in [-0.2, -0.15) is 0 Å². The molecule has 5 heteroatoms. The number of carbonyl (C=O) groups is 1. The second-order valence-electron chi connectivity index (χ2n) is 4.15. The van der Waals surface area contributed by atoms with Gasteiger partial charge in [-0.05, 0) is 25.0 Å². The summed E-state index contributed by atoms with van der Waals surface area (Å²) in [5, 5.41) is 5.60. The van der Waals surface area contributed by atoms with Gasteiger partial charge in [0.25, 0.3) is 5.91 Å². The maximum atomic E-state index is 12.2. The fourth-order valence-corrected chi connectivity index (χ4v) is 2.16. The number of hydrogen-bond donors (Lipinski definition) is 0. The summed E-state index contributed by atoms with van der Waals surface area (Å²) in [7, 11) is 1.79. The molecular weight excluding hydrogens is 296 g/mol. The summed E-state index contributed by atoms with van der Waals surface area (Å²) < 4.78 is 5.14. The van der Waals surface area contributed by atoms with Gasteiger partial charge in [-0.25, -0.2) is 0 Å². The van der Waals surface area contributed by atoms with Crippen LogP contribution in [-0.2, 0) is 0 Å². The minimum Gasteiger partial charge on any atom is -0.355 e. The molecule has 1 aromatic heterocycles. The van der Waals surface area contributed by atoms with Crippen LogP contribution >= 0.6 is 15.9 Å². The highest BCUT2D eigenvalue weighted by Gasteiger charge is 2.18. The maximum absolute atomic E-state index is 12.2. The summed E-state index contributed by atoms with van der Waals surface area (Å²) in [5.41, 5.74) is 1.04. The zero-order chi connectivity index (χ0) is 13.0. The lowest BCUT2D eigenvalue weighted by atomic mass is 10.2. The molecule has 4 nitrogen and oxygen atoms in total. The van der Waals surface area contributed by atoms with Crippen molar-refractivity contribution in [1.29, 1.82) is 0 Å². The fraction of sp³-hybridized carbons (Fsp3) is 0.385. The summed E-state index contributed by atoms with van der Waals surface area (Å²) in [6.45, 7) is 0.728. The van der Waals surface area contributed by atoms with Crippen molar-refractivity contribution in [2.75, 3.05) is 18.9 Å². The zero-order valence-corrected chi connectivity index (χ0v) is 11.8. The van der Waals surface area contributed by atoms with Crippen LogP contribution in [0.2, 0.25) is 0 Å². The van der Waals surface area contributed by atoms with Gasteiger partial charge in [0.1, 0.15) is 0 Å². The van der Waals surface area contributed by atoms with Gasteiger partial charge in [-0.3, -0.25) is 4.79 Å². The van der Waals surface area contributed by atoms with E-state index in [0.717, 1.165) is 30.1 Å². The maximum Gasteiger partial charge on any atom is 0.276 e. The van der Waals surface area contributed by atoms with Gasteiger partial charge in [-0.15, -0.1) is 0 Å². The molecule has 0 radical (unpaired) electrons. The van der Waals surface area contributed by atoms with Gasteiger partial charge < -0.3 is 9.42 Å². The van der Waals surface area contributed by atoms with Crippen molar-refractivity contribution in [1.82, 2.24) is 10.1 Å². The molecule has 0 bridgehead atoms. The van der Waals surface area contributed by atoms with E-state index < -0.39 is 0 Å². The highest BCUT2D eigenvalue weighted by Crippen LogP contribution is 2.18. The number of rotatable bonds is 5. The number of benzene rings is 1. The summed E-state index contributed by atoms with van der Waals surface area (Å²) in [6.07, 6.45) is 2.03. The molecule has 0 aliphatic carbocycles. The number of hydrogen-bond acceptors (Lipinski definition) is 3. The summed E-state index contributed by atoms with van der Waals surface area (Å²) in [6, 6.07) is 7.40. The molecule has 0 aliphatic heterocycles. The molecular formula is C13H15BrN2O2. The average Bonchev–Trinajstić information content (AvgIpc) is 2.82. The third-order valence-electron chi connectivity index (χ3n) is 2.80. The van der Waals surface area contributed by atoms with Crippen molar-refractivity contribution in [2.24, 2.45) is 0 Å². The Bertz CT molecular complexity index is 539. The molecule has 0 atom stereocenters. The lowest BCUT2D eigenvalue weighted by molar-refractivity contribution is 0.0785. The molecule has 1 heterocycles. The SMILES string of the molecule is CN(CCCCBr)C(=O)c1noc2ccccc12. The Balaban J connectivity index is 2.13. The van der Waals surface area contributed by atoms with Crippen LogP contribution in [0, 0.1) is 0 Å². The molecule has 0 spiro atoms. The van der Waals surface area contributed by atoms with Crippen LogP contribution in [0.5, 0.6) is 0 Å². The number of amides is 1. The molecule has 0 unspecified atom stereocenters. The highest BCUT2D eigenvalue weighted by molar-refractivity contribution is 9.09. The van der Waals surface area contributed by atoms with Crippen molar-refractivity contribution >= 4 is 32.8 Å². The number of halogens is 1. The third-order valence-corrected chi connectivity index (χ3v) is 3.36. The van der Waals surface area contributed by atoms with Gasteiger partial charge >= 0.3 is 0 Å². The van der Waals surface area contributed by atoms with Crippen LogP contribution in [-0.4, -0.2) is 34.9 Å². The van der Waals surface area contributed by atoms with Crippen molar-refractivity contribution in [3.05, 3.63) is 30.0 Å². The Morgan fingerprint density at radius 2 is 2.17 bits per heavy atom. The molecule has 2 aromatic rings. The number of para-hydroxylation sites is 1. The van der Waals surface area contributed by atoms with E-state index in [4.69, 9.17) is 4.52 Å². The van der Waals surface area contributed by atoms with E-state index in [2.05, 4.69) is 21.1 Å². The first-order chi connectivity index (χ1) is 8.74. The number of carbonyl (C=O) groups excluding carboxylic acids is 1. The molecule has 2 rings (SSSR count). The standard InChI is InChI=1S/C13H15BrN2O2/c1-16(9-5-4-8-14)13(17)12-10-6-2-3-7-11(10)18-15-12/h2-3,6-7H,4-5,8-9H2,1H3. The highest BCUT2D eigenvalue weighted by atomic mass is 79.9. The van der Waals surface area contributed by atoms with Crippen molar-refractivity contribution in [3.8, 4) is 0 Å². The van der Waals surface area contributed by atoms with E-state index in [1.54, 1.807) is 11.9 Å². The normalized spacial score (nSPS) is 10.8. The van der Waals surface area contributed by atoms with Gasteiger partial charge in [0.15, 0.2) is 11.3 Å². The number of fused-ring (bicyclic) bond motifs is 1. The predicted octanol–water partition coefficient (Wildman–Crippen LogP) is 3.07. The van der Waals surface area contributed by atoms with Crippen LogP contribution < -0.4 is 0 Å². The summed E-state index contributed by atoms with van der Waals surface area (Å²) in [5.74, 6) is -0.0884. The van der Waals surface area contributed by atoms with E-state index in [9.17, 15) is 4.79 Å². The Morgan fingerprint density at radius 1 is 1.39 bits per heavy atom. The minimum atomic E-state index is -0.0884. The fourth-order valence-electron chi connectivity index (χ4n) is 1.77. The van der Waals surface area contributed by atoms with Crippen LogP contribution in [0.15, 0.2) is 28.8 Å². The molecule has 1 aromatic carbocycles. The topological polar surface area (TPSA) is 46.3 Å². The lowest BCUT2D eigenvalue weighted by Gasteiger charge is -2.15. The lowest BCUT2D eigenvalue weighted by Crippen LogP contribution is -2.28. The molecule has 0 fully saturated rings. The minimum absolute atomic E-state index is 0.0884. The predicted molar refractivity (Wildman–Crippen MR) is 74.0 cm³/mol. The van der Waals surface area contributed by atoms with E-state index in [1.807, 2.05) is 24.3 Å². The summed E-state index contributed by atoms with van der Waals surface area (Å²) in [4.78, 5) is 13.9. The summed E-state index contributed by atoms with van der Waals surface area (Å²) >= 11 is 3.38. The average molecular weight is 311 g/mol. The van der Waals surface area contributed by atoms with E-state index in [1.165, 1.54) is 0 Å². The second kappa shape index (κ2) is 6.00. The third kappa shape index (κ3) is 2.72. The molecule has 0 saturated carbocycles. The smallest absolute Gasteiger partial charge is 0.276 e. The van der Waals surface area contributed by atoms with Crippen LogP contribution in [0.25, 0.3) is 11.0 Å². The van der Waals surface area contributed by atoms with Crippen molar-refractivity contribution in [2.45, 2.75) is 12.8 Å². The number of aromatic nitrogens is 1. The van der Waals surface area contributed by atoms with Gasteiger partial charge in [0.05, 0.1) is 5.39 Å². The van der Waals surface area contributed by atoms with E-state index in [-0.39, 0.29) is 5.91 Å². The van der Waals surface area contributed by atoms with Crippen LogP contribution in [0.4, 0.5) is 0 Å². The molecule has 96 valence electrons. The van der Waals surface area contributed by atoms with Gasteiger partial charge in [0, 0.05) is 18.9 Å². The first-order valence-electron chi connectivity index (χ1n) is 5.90. The first kappa shape index (κ1) is 13.1. The Morgan fingerprint density at radius 3 is 2.94 bits per heavy atom. The number of unbranched alkanes of at least 4 members (excludes halogenated alkanes) is 1. The van der Waals surface area contributed by atoms with Gasteiger partial charge in [-0.1, -0.05) is 33.2 Å². The van der Waals surface area contributed by atoms with E-state index in [0.29, 0.717) is 11.3 Å². The molecule has 0 saturated heterocycles. The monoisotopic (exact) mass is 310 g/mol. The van der Waals surface area contributed by atoms with Crippen LogP contribution in [0.1, 0.15) is 23.3 Å². The Labute approximate surface area is 114 Å². The first-order valence-corrected chi connectivity index (χ1v) is 7.02. The van der Waals surface area contributed by atoms with Crippen molar-refractivity contribution < 1.29 is 9.32 Å². The Hall–Kier alpha value is -1.36. The Kier molecular flexibility index (Phi) is 4.36. The second-order valence-corrected chi connectivity index (χ2v) is 4.94. The van der Waals surface area contributed by atoms with Gasteiger partial charge in [0.2, 0.25) is 0 Å². The molecule has 0 N–H and O–H groups in total. The zero-order valence-electron chi connectivity index (χ0n) is 10.2. The molecule has 1 amide bonds. The van der Waals surface area contributed by atoms with E-state index >= 15 is 0 Å². The van der Waals surface area contributed by atoms with Crippen LogP contribution in [0.3, 0.4) is 0 Å². The quantitative estimate of drug-likeness (QED) is 0.630. The van der Waals surface area contributed by atoms with Crippen molar-refractivity contribution in [3.63, 3.8) is 0 Å². The number of alkyl halides is 1. The molecule has 18 heavy (non-hydrogen) atoms. The largest absolute Gasteiger partial charge is 0.355 e. The number of nitrogens with zero attached hydrogens (tertiary/aromatic N) is 2.